The van der Waals surface area contributed by atoms with Crippen molar-refractivity contribution in [2.24, 2.45) is 0 Å². The summed E-state index contributed by atoms with van der Waals surface area (Å²) in [5, 5.41) is 11.4. The van der Waals surface area contributed by atoms with Gasteiger partial charge in [-0.1, -0.05) is 82.1 Å². The Bertz CT molecular complexity index is 1060. The van der Waals surface area contributed by atoms with Crippen LogP contribution in [0.4, 0.5) is 0 Å². The minimum absolute atomic E-state index is 0.203. The normalized spacial score (nSPS) is 16.6. The number of benzene rings is 3. The van der Waals surface area contributed by atoms with E-state index in [1.807, 2.05) is 66.7 Å². The minimum Gasteiger partial charge on any atom is -0.503 e. The van der Waals surface area contributed by atoms with Crippen molar-refractivity contribution >= 4 is 39.0 Å². The molecule has 1 heterocycles. The highest BCUT2D eigenvalue weighted by Crippen LogP contribution is 2.43. The predicted octanol–water partition coefficient (Wildman–Crippen LogP) is 6.20. The molecule has 1 aliphatic heterocycles. The van der Waals surface area contributed by atoms with Gasteiger partial charge in [0.2, 0.25) is 0 Å². The second-order valence-electron chi connectivity index (χ2n) is 6.96. The molecule has 0 spiro atoms. The summed E-state index contributed by atoms with van der Waals surface area (Å²) < 4.78 is 0.923. The van der Waals surface area contributed by atoms with Gasteiger partial charge in [0.25, 0.3) is 5.91 Å². The van der Waals surface area contributed by atoms with E-state index in [0.29, 0.717) is 23.6 Å². The molecule has 0 saturated heterocycles. The summed E-state index contributed by atoms with van der Waals surface area (Å²) in [5.74, 6) is -0.554. The van der Waals surface area contributed by atoms with Crippen LogP contribution in [-0.2, 0) is 11.2 Å². The van der Waals surface area contributed by atoms with E-state index < -0.39 is 0 Å². The maximum atomic E-state index is 13.0. The molecule has 0 bridgehead atoms. The van der Waals surface area contributed by atoms with Gasteiger partial charge in [-0.2, -0.15) is 0 Å². The molecule has 3 nitrogen and oxygen atoms in total. The number of hydrogen-bond donors (Lipinski definition) is 1. The Hall–Kier alpha value is -2.56. The molecule has 1 amide bonds. The van der Waals surface area contributed by atoms with Crippen LogP contribution in [0, 0.1) is 0 Å². The van der Waals surface area contributed by atoms with Crippen molar-refractivity contribution in [3.63, 3.8) is 0 Å². The van der Waals surface area contributed by atoms with Crippen LogP contribution in [0.15, 0.2) is 89.1 Å². The summed E-state index contributed by atoms with van der Waals surface area (Å²) in [4.78, 5) is 14.8. The van der Waals surface area contributed by atoms with Gasteiger partial charge >= 0.3 is 0 Å². The zero-order chi connectivity index (χ0) is 20.4. The Morgan fingerprint density at radius 3 is 2.38 bits per heavy atom. The molecule has 0 fully saturated rings. The van der Waals surface area contributed by atoms with E-state index in [2.05, 4.69) is 15.9 Å². The quantitative estimate of drug-likeness (QED) is 0.484. The molecule has 29 heavy (non-hydrogen) atoms. The second-order valence-corrected chi connectivity index (χ2v) is 8.31. The molecule has 146 valence electrons. The Labute approximate surface area is 183 Å². The number of nitrogens with zero attached hydrogens (tertiary/aromatic N) is 1. The highest BCUT2D eigenvalue weighted by atomic mass is 79.9. The number of aliphatic hydroxyl groups is 1. The molecule has 3 aromatic carbocycles. The molecule has 0 aromatic heterocycles. The van der Waals surface area contributed by atoms with Crippen molar-refractivity contribution in [3.05, 3.63) is 111 Å². The van der Waals surface area contributed by atoms with Gasteiger partial charge in [0.05, 0.1) is 6.04 Å². The minimum atomic E-state index is -0.370. The number of hydrogen-bond acceptors (Lipinski definition) is 2. The van der Waals surface area contributed by atoms with Gasteiger partial charge in [-0.15, -0.1) is 0 Å². The third-order valence-electron chi connectivity index (χ3n) is 5.11. The van der Waals surface area contributed by atoms with Crippen molar-refractivity contribution in [2.45, 2.75) is 12.5 Å². The van der Waals surface area contributed by atoms with E-state index in [0.717, 1.165) is 21.2 Å². The SMILES string of the molecule is O=C1C(O)=C(c2ccc(Cl)cc2)C(c2cccc(Br)c2)N1CCc1ccccc1. The van der Waals surface area contributed by atoms with Crippen LogP contribution >= 0.6 is 27.5 Å². The van der Waals surface area contributed by atoms with Gasteiger partial charge in [0, 0.05) is 21.6 Å². The standard InChI is InChI=1S/C24H19BrClNO2/c25-19-8-4-7-18(15-19)22-21(17-9-11-20(26)12-10-17)23(28)24(29)27(22)14-13-16-5-2-1-3-6-16/h1-12,15,22,28H,13-14H2. The lowest BCUT2D eigenvalue weighted by molar-refractivity contribution is -0.129. The van der Waals surface area contributed by atoms with Crippen molar-refractivity contribution in [1.82, 2.24) is 4.90 Å². The first-order valence-electron chi connectivity index (χ1n) is 9.34. The monoisotopic (exact) mass is 467 g/mol. The van der Waals surface area contributed by atoms with Crippen LogP contribution in [0.25, 0.3) is 5.57 Å². The fraction of sp³-hybridized carbons (Fsp3) is 0.125. The molecule has 1 unspecified atom stereocenters. The van der Waals surface area contributed by atoms with E-state index in [-0.39, 0.29) is 17.7 Å². The Morgan fingerprint density at radius 2 is 1.69 bits per heavy atom. The summed E-state index contributed by atoms with van der Waals surface area (Å²) in [5.41, 5.74) is 3.48. The van der Waals surface area contributed by atoms with Gasteiger partial charge in [-0.3, -0.25) is 4.79 Å². The highest BCUT2D eigenvalue weighted by molar-refractivity contribution is 9.10. The molecule has 5 heteroatoms. The number of carbonyl (C=O) groups excluding carboxylic acids is 1. The molecule has 1 aliphatic rings. The van der Waals surface area contributed by atoms with Gasteiger partial charge < -0.3 is 10.0 Å². The Balaban J connectivity index is 1.74. The molecular formula is C24H19BrClNO2. The fourth-order valence-corrected chi connectivity index (χ4v) is 4.27. The zero-order valence-electron chi connectivity index (χ0n) is 15.6. The largest absolute Gasteiger partial charge is 0.503 e. The number of aliphatic hydroxyl groups excluding tert-OH is 1. The molecular weight excluding hydrogens is 450 g/mol. The lowest BCUT2D eigenvalue weighted by atomic mass is 9.93. The summed E-state index contributed by atoms with van der Waals surface area (Å²) in [6, 6.07) is 24.7. The van der Waals surface area contributed by atoms with Gasteiger partial charge in [-0.05, 0) is 47.4 Å². The Morgan fingerprint density at radius 1 is 0.966 bits per heavy atom. The molecule has 0 aliphatic carbocycles. The van der Waals surface area contributed by atoms with E-state index in [4.69, 9.17) is 11.6 Å². The van der Waals surface area contributed by atoms with Crippen molar-refractivity contribution in [2.75, 3.05) is 6.54 Å². The molecule has 0 radical (unpaired) electrons. The van der Waals surface area contributed by atoms with Crippen LogP contribution in [0.1, 0.15) is 22.7 Å². The first kappa shape index (κ1) is 19.7. The van der Waals surface area contributed by atoms with E-state index >= 15 is 0 Å². The molecule has 1 N–H and O–H groups in total. The average molecular weight is 469 g/mol. The van der Waals surface area contributed by atoms with E-state index in [1.54, 1.807) is 17.0 Å². The number of halogens is 2. The number of rotatable bonds is 5. The first-order valence-corrected chi connectivity index (χ1v) is 10.5. The molecule has 4 rings (SSSR count). The molecule has 0 saturated carbocycles. The topological polar surface area (TPSA) is 40.5 Å². The molecule has 1 atom stereocenters. The van der Waals surface area contributed by atoms with Gasteiger partial charge in [0.15, 0.2) is 5.76 Å². The summed E-state index contributed by atoms with van der Waals surface area (Å²) in [7, 11) is 0. The predicted molar refractivity (Wildman–Crippen MR) is 120 cm³/mol. The maximum Gasteiger partial charge on any atom is 0.289 e. The summed E-state index contributed by atoms with van der Waals surface area (Å²) in [6.07, 6.45) is 0.707. The summed E-state index contributed by atoms with van der Waals surface area (Å²) >= 11 is 9.56. The third-order valence-corrected chi connectivity index (χ3v) is 5.85. The third kappa shape index (κ3) is 4.09. The fourth-order valence-electron chi connectivity index (χ4n) is 3.73. The van der Waals surface area contributed by atoms with Gasteiger partial charge in [-0.25, -0.2) is 0 Å². The van der Waals surface area contributed by atoms with Crippen molar-refractivity contribution < 1.29 is 9.90 Å². The van der Waals surface area contributed by atoms with E-state index in [9.17, 15) is 9.90 Å². The van der Waals surface area contributed by atoms with Crippen molar-refractivity contribution in [1.29, 1.82) is 0 Å². The second kappa shape index (κ2) is 8.44. The van der Waals surface area contributed by atoms with Crippen LogP contribution in [0.5, 0.6) is 0 Å². The van der Waals surface area contributed by atoms with E-state index in [1.165, 1.54) is 0 Å². The lowest BCUT2D eigenvalue weighted by Gasteiger charge is -2.27. The first-order chi connectivity index (χ1) is 14.0. The van der Waals surface area contributed by atoms with Crippen LogP contribution in [0.2, 0.25) is 5.02 Å². The lowest BCUT2D eigenvalue weighted by Crippen LogP contribution is -2.32. The number of carbonyl (C=O) groups is 1. The van der Waals surface area contributed by atoms with Crippen molar-refractivity contribution in [3.8, 4) is 0 Å². The Kier molecular flexibility index (Phi) is 5.74. The average Bonchev–Trinajstić information content (AvgIpc) is 2.98. The smallest absolute Gasteiger partial charge is 0.289 e. The van der Waals surface area contributed by atoms with Crippen LogP contribution in [0.3, 0.4) is 0 Å². The van der Waals surface area contributed by atoms with Gasteiger partial charge in [0.1, 0.15) is 0 Å². The molecule has 3 aromatic rings. The maximum absolute atomic E-state index is 13.0. The highest BCUT2D eigenvalue weighted by Gasteiger charge is 2.40. The summed E-state index contributed by atoms with van der Waals surface area (Å²) in [6.45, 7) is 0.501. The zero-order valence-corrected chi connectivity index (χ0v) is 17.9. The van der Waals surface area contributed by atoms with Crippen LogP contribution in [-0.4, -0.2) is 22.5 Å². The number of amides is 1. The van der Waals surface area contributed by atoms with Crippen LogP contribution < -0.4 is 0 Å².